The molecule has 2 rings (SSSR count). The van der Waals surface area contributed by atoms with Crippen LogP contribution in [0, 0.1) is 6.92 Å². The molecule has 4 heteroatoms. The molecule has 0 spiro atoms. The molecule has 1 N–H and O–H groups in total. The van der Waals surface area contributed by atoms with Crippen molar-refractivity contribution in [2.24, 2.45) is 0 Å². The topological polar surface area (TPSA) is 37.3 Å². The summed E-state index contributed by atoms with van der Waals surface area (Å²) in [7, 11) is 0. The van der Waals surface area contributed by atoms with E-state index < -0.39 is 11.4 Å². The summed E-state index contributed by atoms with van der Waals surface area (Å²) >= 11 is 9.45. The Morgan fingerprint density at radius 1 is 1.50 bits per heavy atom. The van der Waals surface area contributed by atoms with Gasteiger partial charge < -0.3 is 5.11 Å². The Morgan fingerprint density at radius 2 is 2.12 bits per heavy atom. The molecule has 1 aliphatic rings. The van der Waals surface area contributed by atoms with Crippen molar-refractivity contribution in [2.75, 3.05) is 0 Å². The highest BCUT2D eigenvalue weighted by Gasteiger charge is 2.47. The van der Waals surface area contributed by atoms with Crippen LogP contribution >= 0.6 is 27.5 Å². The average Bonchev–Trinajstić information content (AvgIpc) is 2.10. The second-order valence-electron chi connectivity index (χ2n) is 4.30. The Morgan fingerprint density at radius 3 is 2.56 bits per heavy atom. The van der Waals surface area contributed by atoms with Crippen molar-refractivity contribution >= 4 is 33.5 Å². The number of hydrogen-bond acceptors (Lipinski definition) is 1. The standard InChI is InChI=1S/C12H12BrClO2/c1-7-9(5-8(13)6-10(7)14)12(11(15)16)3-2-4-12/h5-6H,2-4H2,1H3,(H,15,16). The molecular weight excluding hydrogens is 291 g/mol. The van der Waals surface area contributed by atoms with Crippen LogP contribution in [0.4, 0.5) is 0 Å². The van der Waals surface area contributed by atoms with Crippen molar-refractivity contribution in [2.45, 2.75) is 31.6 Å². The predicted molar refractivity (Wildman–Crippen MR) is 67.1 cm³/mol. The molecule has 1 aromatic carbocycles. The molecule has 2 nitrogen and oxygen atoms in total. The molecular formula is C12H12BrClO2. The van der Waals surface area contributed by atoms with E-state index in [4.69, 9.17) is 11.6 Å². The van der Waals surface area contributed by atoms with Gasteiger partial charge in [-0.25, -0.2) is 0 Å². The lowest BCUT2D eigenvalue weighted by molar-refractivity contribution is -0.147. The van der Waals surface area contributed by atoms with E-state index in [0.717, 1.165) is 22.0 Å². The maximum atomic E-state index is 11.4. The summed E-state index contributed by atoms with van der Waals surface area (Å²) in [6.45, 7) is 1.88. The van der Waals surface area contributed by atoms with E-state index in [2.05, 4.69) is 15.9 Å². The molecule has 0 atom stereocenters. The van der Waals surface area contributed by atoms with Gasteiger partial charge >= 0.3 is 5.97 Å². The molecule has 1 fully saturated rings. The van der Waals surface area contributed by atoms with E-state index in [1.807, 2.05) is 13.0 Å². The molecule has 0 aromatic heterocycles. The highest BCUT2D eigenvalue weighted by molar-refractivity contribution is 9.10. The van der Waals surface area contributed by atoms with Gasteiger partial charge in [-0.2, -0.15) is 0 Å². The second-order valence-corrected chi connectivity index (χ2v) is 5.62. The van der Waals surface area contributed by atoms with Crippen LogP contribution in [-0.4, -0.2) is 11.1 Å². The number of halogens is 2. The molecule has 0 unspecified atom stereocenters. The summed E-state index contributed by atoms with van der Waals surface area (Å²) in [6, 6.07) is 3.68. The van der Waals surface area contributed by atoms with Crippen molar-refractivity contribution in [1.82, 2.24) is 0 Å². The number of benzene rings is 1. The van der Waals surface area contributed by atoms with Crippen LogP contribution in [0.1, 0.15) is 30.4 Å². The van der Waals surface area contributed by atoms with Crippen LogP contribution < -0.4 is 0 Å². The number of carboxylic acid groups (broad SMARTS) is 1. The maximum absolute atomic E-state index is 11.4. The third-order valence-corrected chi connectivity index (χ3v) is 4.29. The zero-order valence-electron chi connectivity index (χ0n) is 8.89. The summed E-state index contributed by atoms with van der Waals surface area (Å²) in [6.07, 6.45) is 2.38. The third-order valence-electron chi connectivity index (χ3n) is 3.44. The molecule has 16 heavy (non-hydrogen) atoms. The molecule has 0 bridgehead atoms. The predicted octanol–water partition coefficient (Wildman–Crippen LogP) is 3.92. The lowest BCUT2D eigenvalue weighted by Crippen LogP contribution is -2.42. The zero-order valence-corrected chi connectivity index (χ0v) is 11.2. The van der Waals surface area contributed by atoms with Crippen LogP contribution in [0.15, 0.2) is 16.6 Å². The first-order chi connectivity index (χ1) is 7.47. The van der Waals surface area contributed by atoms with Gasteiger partial charge in [-0.15, -0.1) is 0 Å². The number of hydrogen-bond donors (Lipinski definition) is 1. The van der Waals surface area contributed by atoms with Gasteiger partial charge in [-0.1, -0.05) is 34.0 Å². The number of carbonyl (C=O) groups is 1. The quantitative estimate of drug-likeness (QED) is 0.899. The SMILES string of the molecule is Cc1c(Cl)cc(Br)cc1C1(C(=O)O)CCC1. The minimum absolute atomic E-state index is 0.622. The van der Waals surface area contributed by atoms with E-state index >= 15 is 0 Å². The van der Waals surface area contributed by atoms with Crippen LogP contribution in [-0.2, 0) is 10.2 Å². The van der Waals surface area contributed by atoms with Gasteiger partial charge in [0.2, 0.25) is 0 Å². The summed E-state index contributed by atoms with van der Waals surface area (Å²) in [5, 5.41) is 10.0. The number of rotatable bonds is 2. The molecule has 1 saturated carbocycles. The van der Waals surface area contributed by atoms with Gasteiger partial charge in [-0.05, 0) is 43.0 Å². The molecule has 0 amide bonds. The molecule has 0 radical (unpaired) electrons. The zero-order chi connectivity index (χ0) is 11.9. The monoisotopic (exact) mass is 302 g/mol. The van der Waals surface area contributed by atoms with Crippen molar-refractivity contribution in [1.29, 1.82) is 0 Å². The summed E-state index contributed by atoms with van der Waals surface area (Å²) in [5.41, 5.74) is 1.02. The van der Waals surface area contributed by atoms with Gasteiger partial charge in [0.1, 0.15) is 0 Å². The van der Waals surface area contributed by atoms with Crippen molar-refractivity contribution in [3.63, 3.8) is 0 Å². The van der Waals surface area contributed by atoms with E-state index in [9.17, 15) is 9.90 Å². The average molecular weight is 304 g/mol. The molecule has 0 aliphatic heterocycles. The maximum Gasteiger partial charge on any atom is 0.314 e. The van der Waals surface area contributed by atoms with Gasteiger partial charge in [0.25, 0.3) is 0 Å². The van der Waals surface area contributed by atoms with E-state index in [1.54, 1.807) is 6.07 Å². The van der Waals surface area contributed by atoms with Crippen molar-refractivity contribution in [3.8, 4) is 0 Å². The largest absolute Gasteiger partial charge is 0.481 e. The lowest BCUT2D eigenvalue weighted by atomic mass is 9.63. The summed E-state index contributed by atoms with van der Waals surface area (Å²) in [5.74, 6) is -0.740. The normalized spacial score (nSPS) is 17.9. The number of aliphatic carboxylic acids is 1. The van der Waals surface area contributed by atoms with Crippen molar-refractivity contribution < 1.29 is 9.90 Å². The van der Waals surface area contributed by atoms with Gasteiger partial charge in [0, 0.05) is 9.50 Å². The molecule has 86 valence electrons. The first-order valence-electron chi connectivity index (χ1n) is 5.17. The van der Waals surface area contributed by atoms with Gasteiger partial charge in [0.05, 0.1) is 5.41 Å². The molecule has 1 aromatic rings. The highest BCUT2D eigenvalue weighted by atomic mass is 79.9. The molecule has 0 saturated heterocycles. The lowest BCUT2D eigenvalue weighted by Gasteiger charge is -2.39. The highest BCUT2D eigenvalue weighted by Crippen LogP contribution is 2.47. The second kappa shape index (κ2) is 4.04. The first-order valence-corrected chi connectivity index (χ1v) is 6.34. The Labute approximate surface area is 108 Å². The van der Waals surface area contributed by atoms with Crippen LogP contribution in [0.5, 0.6) is 0 Å². The van der Waals surface area contributed by atoms with E-state index in [1.165, 1.54) is 0 Å². The molecule has 1 aliphatic carbocycles. The Hall–Kier alpha value is -0.540. The first kappa shape index (κ1) is 11.9. The summed E-state index contributed by atoms with van der Waals surface area (Å²) < 4.78 is 0.839. The fourth-order valence-corrected chi connectivity index (χ4v) is 3.08. The van der Waals surface area contributed by atoms with E-state index in [-0.39, 0.29) is 0 Å². The van der Waals surface area contributed by atoms with Crippen molar-refractivity contribution in [3.05, 3.63) is 32.8 Å². The Bertz CT molecular complexity index is 453. The Kier molecular flexibility index (Phi) is 3.01. The smallest absolute Gasteiger partial charge is 0.314 e. The van der Waals surface area contributed by atoms with Gasteiger partial charge in [0.15, 0.2) is 0 Å². The third kappa shape index (κ3) is 1.66. The Balaban J connectivity index is 2.59. The summed E-state index contributed by atoms with van der Waals surface area (Å²) in [4.78, 5) is 11.4. The van der Waals surface area contributed by atoms with Gasteiger partial charge in [-0.3, -0.25) is 4.79 Å². The van der Waals surface area contributed by atoms with Crippen LogP contribution in [0.2, 0.25) is 5.02 Å². The minimum atomic E-state index is -0.740. The van der Waals surface area contributed by atoms with Crippen LogP contribution in [0.3, 0.4) is 0 Å². The van der Waals surface area contributed by atoms with Crippen LogP contribution in [0.25, 0.3) is 0 Å². The number of carboxylic acids is 1. The fourth-order valence-electron chi connectivity index (χ4n) is 2.27. The van der Waals surface area contributed by atoms with E-state index in [0.29, 0.717) is 17.9 Å². The molecule has 0 heterocycles. The fraction of sp³-hybridized carbons (Fsp3) is 0.417. The minimum Gasteiger partial charge on any atom is -0.481 e.